The molecule has 1 aromatic carbocycles. The van der Waals surface area contributed by atoms with E-state index in [1.807, 2.05) is 29.8 Å². The van der Waals surface area contributed by atoms with Crippen LogP contribution in [0.5, 0.6) is 0 Å². The SMILES string of the molecule is CN1CC(NC(=O)c2cc3nc(-c4ccccc4)cc(N4CCCCC4)n3n2)C1.O=C(O)C(F)(F)F. The summed E-state index contributed by atoms with van der Waals surface area (Å²) >= 11 is 0. The first-order valence-corrected chi connectivity index (χ1v) is 11.6. The van der Waals surface area contributed by atoms with Crippen molar-refractivity contribution in [2.24, 2.45) is 0 Å². The number of hydrogen-bond acceptors (Lipinski definition) is 6. The van der Waals surface area contributed by atoms with Crippen molar-refractivity contribution in [1.29, 1.82) is 0 Å². The Labute approximate surface area is 205 Å². The number of benzene rings is 1. The average Bonchev–Trinajstić information content (AvgIpc) is 3.28. The smallest absolute Gasteiger partial charge is 0.475 e. The highest BCUT2D eigenvalue weighted by atomic mass is 19.4. The summed E-state index contributed by atoms with van der Waals surface area (Å²) in [5, 5.41) is 14.8. The monoisotopic (exact) mass is 504 g/mol. The number of halogens is 3. The van der Waals surface area contributed by atoms with Gasteiger partial charge in [0.2, 0.25) is 0 Å². The summed E-state index contributed by atoms with van der Waals surface area (Å²) in [6.45, 7) is 3.77. The molecule has 4 heterocycles. The Morgan fingerprint density at radius 3 is 2.28 bits per heavy atom. The number of nitrogens with one attached hydrogen (secondary N) is 1. The lowest BCUT2D eigenvalue weighted by atomic mass is 10.1. The van der Waals surface area contributed by atoms with Crippen molar-refractivity contribution in [2.75, 3.05) is 38.1 Å². The zero-order valence-corrected chi connectivity index (χ0v) is 19.7. The van der Waals surface area contributed by atoms with Gasteiger partial charge in [0.15, 0.2) is 11.3 Å². The molecule has 2 fully saturated rings. The molecule has 0 spiro atoms. The van der Waals surface area contributed by atoms with Gasteiger partial charge in [0.05, 0.1) is 11.7 Å². The van der Waals surface area contributed by atoms with Gasteiger partial charge in [-0.05, 0) is 26.3 Å². The maximum absolute atomic E-state index is 12.7. The molecule has 192 valence electrons. The van der Waals surface area contributed by atoms with Crippen LogP contribution in [0.25, 0.3) is 16.9 Å². The van der Waals surface area contributed by atoms with Gasteiger partial charge in [-0.2, -0.15) is 22.8 Å². The van der Waals surface area contributed by atoms with E-state index in [0.29, 0.717) is 11.3 Å². The van der Waals surface area contributed by atoms with Crippen LogP contribution in [-0.4, -0.2) is 81.9 Å². The van der Waals surface area contributed by atoms with E-state index in [1.54, 1.807) is 6.07 Å². The number of carboxylic acid groups (broad SMARTS) is 1. The van der Waals surface area contributed by atoms with Crippen molar-refractivity contribution < 1.29 is 27.9 Å². The molecular weight excluding hydrogens is 477 g/mol. The van der Waals surface area contributed by atoms with Gasteiger partial charge in [-0.15, -0.1) is 0 Å². The minimum absolute atomic E-state index is 0.126. The predicted molar refractivity (Wildman–Crippen MR) is 127 cm³/mol. The Kier molecular flexibility index (Phi) is 7.43. The molecule has 2 N–H and O–H groups in total. The van der Waals surface area contributed by atoms with E-state index in [2.05, 4.69) is 38.4 Å². The molecule has 9 nitrogen and oxygen atoms in total. The highest BCUT2D eigenvalue weighted by molar-refractivity contribution is 5.93. The third-order valence-electron chi connectivity index (χ3n) is 6.03. The number of alkyl halides is 3. The highest BCUT2D eigenvalue weighted by Crippen LogP contribution is 2.27. The first-order valence-electron chi connectivity index (χ1n) is 11.6. The number of aliphatic carboxylic acids is 1. The summed E-state index contributed by atoms with van der Waals surface area (Å²) in [7, 11) is 2.05. The van der Waals surface area contributed by atoms with Gasteiger partial charge >= 0.3 is 12.1 Å². The molecule has 3 aromatic rings. The van der Waals surface area contributed by atoms with Crippen LogP contribution in [0.4, 0.5) is 19.0 Å². The van der Waals surface area contributed by atoms with Gasteiger partial charge in [-0.25, -0.2) is 9.78 Å². The minimum atomic E-state index is -5.08. The average molecular weight is 505 g/mol. The molecule has 1 amide bonds. The number of carboxylic acids is 1. The van der Waals surface area contributed by atoms with E-state index < -0.39 is 12.1 Å². The molecule has 2 aliphatic heterocycles. The molecule has 36 heavy (non-hydrogen) atoms. The number of piperidine rings is 1. The number of nitrogens with zero attached hydrogens (tertiary/aromatic N) is 5. The van der Waals surface area contributed by atoms with E-state index in [-0.39, 0.29) is 11.9 Å². The fourth-order valence-electron chi connectivity index (χ4n) is 4.22. The molecule has 5 rings (SSSR count). The first kappa shape index (κ1) is 25.4. The molecular formula is C24H27F3N6O3. The fraction of sp³-hybridized carbons (Fsp3) is 0.417. The van der Waals surface area contributed by atoms with E-state index in [0.717, 1.165) is 43.3 Å². The Balaban J connectivity index is 0.000000384. The number of aromatic nitrogens is 3. The normalized spacial score (nSPS) is 16.7. The van der Waals surface area contributed by atoms with Gasteiger partial charge in [-0.1, -0.05) is 30.3 Å². The van der Waals surface area contributed by atoms with Crippen molar-refractivity contribution in [1.82, 2.24) is 24.8 Å². The van der Waals surface area contributed by atoms with E-state index in [4.69, 9.17) is 14.9 Å². The number of likely N-dealkylation sites (tertiary alicyclic amines) is 1. The molecule has 0 bridgehead atoms. The van der Waals surface area contributed by atoms with Crippen LogP contribution in [0.15, 0.2) is 42.5 Å². The second kappa shape index (κ2) is 10.5. The number of carbonyl (C=O) groups is 2. The van der Waals surface area contributed by atoms with Crippen molar-refractivity contribution >= 4 is 23.3 Å². The number of amides is 1. The summed E-state index contributed by atoms with van der Waals surface area (Å²) in [6.07, 6.45) is -1.47. The van der Waals surface area contributed by atoms with Crippen LogP contribution in [0.3, 0.4) is 0 Å². The molecule has 12 heteroatoms. The molecule has 2 aliphatic rings. The molecule has 0 saturated carbocycles. The van der Waals surface area contributed by atoms with Crippen LogP contribution in [0, 0.1) is 0 Å². The lowest BCUT2D eigenvalue weighted by Gasteiger charge is -2.36. The minimum Gasteiger partial charge on any atom is -0.475 e. The number of carbonyl (C=O) groups excluding carboxylic acids is 1. The van der Waals surface area contributed by atoms with Crippen molar-refractivity contribution in [3.63, 3.8) is 0 Å². The first-order chi connectivity index (χ1) is 17.1. The standard InChI is InChI=1S/C22H26N6O.C2HF3O2/c1-26-14-17(15-26)23-22(29)19-12-20-24-18(16-8-4-2-5-9-16)13-21(28(20)25-19)27-10-6-3-7-11-27;3-2(4,5)1(6)7/h2,4-5,8-9,12-13,17H,3,6-7,10-11,14-15H2,1H3,(H,23,29);(H,6,7). The highest BCUT2D eigenvalue weighted by Gasteiger charge is 2.38. The molecule has 0 unspecified atom stereocenters. The second-order valence-corrected chi connectivity index (χ2v) is 8.91. The number of likely N-dealkylation sites (N-methyl/N-ethyl adjacent to an activating group) is 1. The van der Waals surface area contributed by atoms with E-state index in [1.165, 1.54) is 19.3 Å². The second-order valence-electron chi connectivity index (χ2n) is 8.91. The van der Waals surface area contributed by atoms with Gasteiger partial charge < -0.3 is 20.2 Å². The molecule has 2 aromatic heterocycles. The largest absolute Gasteiger partial charge is 0.490 e. The van der Waals surface area contributed by atoms with Crippen LogP contribution in [0.1, 0.15) is 29.8 Å². The lowest BCUT2D eigenvalue weighted by Crippen LogP contribution is -2.57. The van der Waals surface area contributed by atoms with Crippen molar-refractivity contribution in [3.8, 4) is 11.3 Å². The topological polar surface area (TPSA) is 103 Å². The Morgan fingerprint density at radius 2 is 1.69 bits per heavy atom. The van der Waals surface area contributed by atoms with E-state index in [9.17, 15) is 18.0 Å². The summed E-state index contributed by atoms with van der Waals surface area (Å²) in [5.74, 6) is -1.87. The number of rotatable bonds is 4. The number of anilines is 1. The Morgan fingerprint density at radius 1 is 1.06 bits per heavy atom. The maximum atomic E-state index is 12.7. The zero-order valence-electron chi connectivity index (χ0n) is 19.7. The molecule has 2 saturated heterocycles. The predicted octanol–water partition coefficient (Wildman–Crippen LogP) is 3.06. The summed E-state index contributed by atoms with van der Waals surface area (Å²) in [5.41, 5.74) is 3.11. The quantitative estimate of drug-likeness (QED) is 0.563. The number of hydrogen-bond donors (Lipinski definition) is 2. The van der Waals surface area contributed by atoms with E-state index >= 15 is 0 Å². The zero-order chi connectivity index (χ0) is 25.9. The van der Waals surface area contributed by atoms with Crippen LogP contribution in [0.2, 0.25) is 0 Å². The van der Waals surface area contributed by atoms with Crippen molar-refractivity contribution in [2.45, 2.75) is 31.5 Å². The number of fused-ring (bicyclic) bond motifs is 1. The fourth-order valence-corrected chi connectivity index (χ4v) is 4.22. The van der Waals surface area contributed by atoms with Crippen LogP contribution < -0.4 is 10.2 Å². The van der Waals surface area contributed by atoms with Gasteiger partial charge in [0.1, 0.15) is 5.82 Å². The third-order valence-corrected chi connectivity index (χ3v) is 6.03. The Bertz CT molecular complexity index is 1220. The van der Waals surface area contributed by atoms with Crippen molar-refractivity contribution in [3.05, 3.63) is 48.2 Å². The Hall–Kier alpha value is -3.67. The summed E-state index contributed by atoms with van der Waals surface area (Å²) < 4.78 is 33.6. The summed E-state index contributed by atoms with van der Waals surface area (Å²) in [4.78, 5) is 31.0. The molecule has 0 radical (unpaired) electrons. The molecule has 0 atom stereocenters. The van der Waals surface area contributed by atoms with Gasteiger partial charge in [-0.3, -0.25) is 4.79 Å². The van der Waals surface area contributed by atoms with Crippen LogP contribution >= 0.6 is 0 Å². The summed E-state index contributed by atoms with van der Waals surface area (Å²) in [6, 6.07) is 14.3. The maximum Gasteiger partial charge on any atom is 0.490 e. The third kappa shape index (κ3) is 5.93. The van der Waals surface area contributed by atoms with Gasteiger partial charge in [0.25, 0.3) is 5.91 Å². The lowest BCUT2D eigenvalue weighted by molar-refractivity contribution is -0.192. The van der Waals surface area contributed by atoms with Gasteiger partial charge in [0, 0.05) is 43.9 Å². The molecule has 0 aliphatic carbocycles. The van der Waals surface area contributed by atoms with Crippen LogP contribution in [-0.2, 0) is 4.79 Å².